The number of halogens is 3. The Labute approximate surface area is 62.5 Å². The highest BCUT2D eigenvalue weighted by Crippen LogP contribution is 2.27. The summed E-state index contributed by atoms with van der Waals surface area (Å²) in [6.45, 7) is 0. The number of hydrogen-bond donors (Lipinski definition) is 1. The van der Waals surface area contributed by atoms with Gasteiger partial charge in [-0.1, -0.05) is 0 Å². The molecule has 2 nitrogen and oxygen atoms in total. The van der Waals surface area contributed by atoms with Crippen LogP contribution in [0.4, 0.5) is 13.2 Å². The van der Waals surface area contributed by atoms with E-state index in [-0.39, 0.29) is 6.04 Å². The van der Waals surface area contributed by atoms with Crippen LogP contribution >= 0.6 is 0 Å². The van der Waals surface area contributed by atoms with Gasteiger partial charge in [-0.05, 0) is 19.3 Å². The summed E-state index contributed by atoms with van der Waals surface area (Å²) in [6.07, 6.45) is -3.86. The largest absolute Gasteiger partial charge is 0.522 e. The van der Waals surface area contributed by atoms with Gasteiger partial charge in [0, 0.05) is 6.04 Å². The molecule has 0 aliphatic heterocycles. The molecular weight excluding hydrogens is 159 g/mol. The zero-order valence-electron chi connectivity index (χ0n) is 5.90. The van der Waals surface area contributed by atoms with Crippen LogP contribution in [0, 0.1) is 0 Å². The van der Waals surface area contributed by atoms with Crippen LogP contribution < -0.4 is 5.73 Å². The van der Waals surface area contributed by atoms with Crippen molar-refractivity contribution in [2.24, 2.45) is 5.73 Å². The maximum absolute atomic E-state index is 11.6. The molecule has 0 heterocycles. The Morgan fingerprint density at radius 2 is 1.91 bits per heavy atom. The Kier molecular flexibility index (Phi) is 2.39. The van der Waals surface area contributed by atoms with Crippen molar-refractivity contribution in [1.82, 2.24) is 0 Å². The molecule has 0 unspecified atom stereocenters. The Hall–Kier alpha value is -0.290. The molecule has 0 amide bonds. The highest BCUT2D eigenvalue weighted by Gasteiger charge is 2.36. The Morgan fingerprint density at radius 1 is 1.27 bits per heavy atom. The van der Waals surface area contributed by atoms with Gasteiger partial charge < -0.3 is 5.73 Å². The monoisotopic (exact) mass is 169 g/mol. The van der Waals surface area contributed by atoms with Crippen LogP contribution in [0.5, 0.6) is 0 Å². The predicted molar refractivity (Wildman–Crippen MR) is 32.8 cm³/mol. The van der Waals surface area contributed by atoms with Gasteiger partial charge in [0.05, 0.1) is 6.10 Å². The summed E-state index contributed by atoms with van der Waals surface area (Å²) in [5, 5.41) is 0. The number of hydrogen-bond acceptors (Lipinski definition) is 2. The summed E-state index contributed by atoms with van der Waals surface area (Å²) in [4.78, 5) is 0. The van der Waals surface area contributed by atoms with Gasteiger partial charge in [-0.25, -0.2) is 0 Å². The lowest BCUT2D eigenvalue weighted by Gasteiger charge is -2.13. The smallest absolute Gasteiger partial charge is 0.328 e. The minimum absolute atomic E-state index is 0.123. The van der Waals surface area contributed by atoms with Crippen LogP contribution in [-0.2, 0) is 4.74 Å². The normalized spacial score (nSPS) is 32.7. The van der Waals surface area contributed by atoms with Crippen molar-refractivity contribution >= 4 is 0 Å². The van der Waals surface area contributed by atoms with Crippen molar-refractivity contribution in [3.63, 3.8) is 0 Å². The van der Waals surface area contributed by atoms with Crippen molar-refractivity contribution < 1.29 is 17.9 Å². The van der Waals surface area contributed by atoms with Gasteiger partial charge in [-0.15, -0.1) is 13.2 Å². The minimum Gasteiger partial charge on any atom is -0.328 e. The van der Waals surface area contributed by atoms with Crippen molar-refractivity contribution in [3.05, 3.63) is 0 Å². The highest BCUT2D eigenvalue weighted by molar-refractivity contribution is 4.78. The summed E-state index contributed by atoms with van der Waals surface area (Å²) < 4.78 is 38.5. The van der Waals surface area contributed by atoms with Gasteiger partial charge in [0.2, 0.25) is 0 Å². The van der Waals surface area contributed by atoms with Gasteiger partial charge in [-0.2, -0.15) is 0 Å². The molecule has 11 heavy (non-hydrogen) atoms. The van der Waals surface area contributed by atoms with E-state index in [1.165, 1.54) is 0 Å². The maximum Gasteiger partial charge on any atom is 0.522 e. The van der Waals surface area contributed by atoms with Crippen LogP contribution in [0.1, 0.15) is 19.3 Å². The van der Waals surface area contributed by atoms with Gasteiger partial charge in [0.1, 0.15) is 0 Å². The van der Waals surface area contributed by atoms with E-state index >= 15 is 0 Å². The van der Waals surface area contributed by atoms with Crippen molar-refractivity contribution in [1.29, 1.82) is 0 Å². The molecule has 66 valence electrons. The third-order valence-electron chi connectivity index (χ3n) is 1.73. The molecule has 1 fully saturated rings. The molecule has 0 spiro atoms. The fourth-order valence-corrected chi connectivity index (χ4v) is 1.27. The van der Waals surface area contributed by atoms with Crippen molar-refractivity contribution in [2.75, 3.05) is 0 Å². The summed E-state index contributed by atoms with van der Waals surface area (Å²) in [6, 6.07) is -0.123. The van der Waals surface area contributed by atoms with Crippen LogP contribution in [-0.4, -0.2) is 18.5 Å². The lowest BCUT2D eigenvalue weighted by atomic mass is 10.3. The standard InChI is InChI=1S/C6H10F3NO/c7-6(8,9)11-5-2-1-4(10)3-5/h4-5H,1-3,10H2/t4-,5-/m1/s1. The van der Waals surface area contributed by atoms with Crippen molar-refractivity contribution in [2.45, 2.75) is 37.8 Å². The summed E-state index contributed by atoms with van der Waals surface area (Å²) >= 11 is 0. The first kappa shape index (κ1) is 8.80. The number of nitrogens with two attached hydrogens (primary N) is 1. The Balaban J connectivity index is 2.29. The molecule has 1 aliphatic rings. The molecule has 0 aromatic rings. The average molecular weight is 169 g/mol. The van der Waals surface area contributed by atoms with Gasteiger partial charge in [-0.3, -0.25) is 4.74 Å². The van der Waals surface area contributed by atoms with Gasteiger partial charge >= 0.3 is 6.36 Å². The number of rotatable bonds is 1. The molecular formula is C6H10F3NO. The van der Waals surface area contributed by atoms with E-state index < -0.39 is 12.5 Å². The minimum atomic E-state index is -4.51. The fourth-order valence-electron chi connectivity index (χ4n) is 1.27. The van der Waals surface area contributed by atoms with E-state index in [9.17, 15) is 13.2 Å². The lowest BCUT2D eigenvalue weighted by molar-refractivity contribution is -0.341. The quantitative estimate of drug-likeness (QED) is 0.644. The summed E-state index contributed by atoms with van der Waals surface area (Å²) in [7, 11) is 0. The molecule has 2 atom stereocenters. The van der Waals surface area contributed by atoms with Crippen LogP contribution in [0.15, 0.2) is 0 Å². The first-order valence-electron chi connectivity index (χ1n) is 3.47. The van der Waals surface area contributed by atoms with E-state index in [0.29, 0.717) is 19.3 Å². The topological polar surface area (TPSA) is 35.2 Å². The second-order valence-electron chi connectivity index (χ2n) is 2.76. The van der Waals surface area contributed by atoms with Crippen LogP contribution in [0.2, 0.25) is 0 Å². The van der Waals surface area contributed by atoms with Gasteiger partial charge in [0.25, 0.3) is 0 Å². The van der Waals surface area contributed by atoms with Crippen LogP contribution in [0.3, 0.4) is 0 Å². The third kappa shape index (κ3) is 3.07. The van der Waals surface area contributed by atoms with Crippen molar-refractivity contribution in [3.8, 4) is 0 Å². The molecule has 0 radical (unpaired) electrons. The molecule has 2 N–H and O–H groups in total. The zero-order valence-corrected chi connectivity index (χ0v) is 5.90. The van der Waals surface area contributed by atoms with E-state index in [0.717, 1.165) is 0 Å². The van der Waals surface area contributed by atoms with Crippen LogP contribution in [0.25, 0.3) is 0 Å². The SMILES string of the molecule is N[C@@H]1CC[C@@H](OC(F)(F)F)C1. The van der Waals surface area contributed by atoms with Gasteiger partial charge in [0.15, 0.2) is 0 Å². The third-order valence-corrected chi connectivity index (χ3v) is 1.73. The predicted octanol–water partition coefficient (Wildman–Crippen LogP) is 1.40. The first-order chi connectivity index (χ1) is 4.97. The Morgan fingerprint density at radius 3 is 2.27 bits per heavy atom. The second kappa shape index (κ2) is 2.98. The average Bonchev–Trinajstić information content (AvgIpc) is 2.10. The number of ether oxygens (including phenoxy) is 1. The van der Waals surface area contributed by atoms with E-state index in [2.05, 4.69) is 4.74 Å². The second-order valence-corrected chi connectivity index (χ2v) is 2.76. The summed E-state index contributed by atoms with van der Waals surface area (Å²) in [5.74, 6) is 0. The molecule has 1 aliphatic carbocycles. The van der Waals surface area contributed by atoms with E-state index in [1.807, 2.05) is 0 Å². The zero-order chi connectivity index (χ0) is 8.48. The maximum atomic E-state index is 11.6. The number of alkyl halides is 3. The summed E-state index contributed by atoms with van der Waals surface area (Å²) in [5.41, 5.74) is 5.40. The molecule has 5 heteroatoms. The molecule has 0 bridgehead atoms. The molecule has 1 saturated carbocycles. The first-order valence-corrected chi connectivity index (χ1v) is 3.47. The fraction of sp³-hybridized carbons (Fsp3) is 1.00. The molecule has 0 saturated heterocycles. The van der Waals surface area contributed by atoms with E-state index in [1.54, 1.807) is 0 Å². The lowest BCUT2D eigenvalue weighted by Crippen LogP contribution is -2.23. The Bertz CT molecular complexity index is 136. The highest BCUT2D eigenvalue weighted by atomic mass is 19.4. The molecule has 0 aromatic carbocycles. The molecule has 1 rings (SSSR count). The van der Waals surface area contributed by atoms with E-state index in [4.69, 9.17) is 5.73 Å². The molecule has 0 aromatic heterocycles.